The van der Waals surface area contributed by atoms with E-state index in [9.17, 15) is 18.8 Å². The zero-order valence-corrected chi connectivity index (χ0v) is 16.4. The molecule has 29 heavy (non-hydrogen) atoms. The third-order valence-corrected chi connectivity index (χ3v) is 6.83. The highest BCUT2D eigenvalue weighted by atomic mass is 19.1. The third-order valence-electron chi connectivity index (χ3n) is 6.83. The second kappa shape index (κ2) is 6.34. The number of rotatable bonds is 3. The number of likely N-dealkylation sites (tertiary alicyclic amines) is 1. The molecule has 4 aliphatic rings. The number of halogens is 1. The molecule has 3 saturated heterocycles. The largest absolute Gasteiger partial charge is 0.376 e. The summed E-state index contributed by atoms with van der Waals surface area (Å²) in [6, 6.07) is 3.70. The molecule has 3 fully saturated rings. The minimum absolute atomic E-state index is 0.00622. The van der Waals surface area contributed by atoms with Gasteiger partial charge in [-0.3, -0.25) is 24.6 Å². The Hall–Kier alpha value is -2.32. The van der Waals surface area contributed by atoms with Crippen molar-refractivity contribution < 1.29 is 23.5 Å². The molecule has 4 aliphatic heterocycles. The fourth-order valence-corrected chi connectivity index (χ4v) is 5.51. The topological polar surface area (TPSA) is 87.7 Å². The Bertz CT molecular complexity index is 913. The summed E-state index contributed by atoms with van der Waals surface area (Å²) in [4.78, 5) is 41.3. The molecule has 0 aliphatic carbocycles. The maximum Gasteiger partial charge on any atom is 0.250 e. The highest BCUT2D eigenvalue weighted by molar-refractivity contribution is 6.15. The molecule has 1 aromatic carbocycles. The van der Waals surface area contributed by atoms with Crippen molar-refractivity contribution in [2.45, 2.75) is 44.4 Å². The van der Waals surface area contributed by atoms with Gasteiger partial charge in [0.1, 0.15) is 11.4 Å². The first-order valence-corrected chi connectivity index (χ1v) is 10.2. The molecule has 154 valence electrons. The van der Waals surface area contributed by atoms with Crippen LogP contribution in [0.15, 0.2) is 18.2 Å². The van der Waals surface area contributed by atoms with Gasteiger partial charge in [-0.05, 0) is 37.0 Å². The predicted octanol–water partition coefficient (Wildman–Crippen LogP) is 1.38. The van der Waals surface area contributed by atoms with E-state index in [4.69, 9.17) is 4.74 Å². The number of imide groups is 1. The number of fused-ring (bicyclic) bond motifs is 4. The molecule has 0 saturated carbocycles. The molecule has 8 heteroatoms. The van der Waals surface area contributed by atoms with E-state index in [1.807, 2.05) is 13.8 Å². The van der Waals surface area contributed by atoms with Crippen molar-refractivity contribution in [2.24, 2.45) is 17.8 Å². The van der Waals surface area contributed by atoms with Crippen LogP contribution in [0, 0.1) is 23.6 Å². The Kier molecular flexibility index (Phi) is 4.08. The van der Waals surface area contributed by atoms with Gasteiger partial charge < -0.3 is 10.1 Å². The monoisotopic (exact) mass is 401 g/mol. The van der Waals surface area contributed by atoms with Gasteiger partial charge >= 0.3 is 0 Å². The standard InChI is InChI=1S/C21H24FN3O4/c1-10(2)17-15-16(19(27)25(18(15)26)9-12-4-3-7-29-12)21(24-17)13-8-11(22)5-6-14(13)23-20(21)28/h5-6,8,10,12,15-17,24H,3-4,7,9H2,1-2H3,(H,23,28)/t12-,15+,16+,17-,21+/m0/s1. The van der Waals surface area contributed by atoms with Crippen LogP contribution in [0.3, 0.4) is 0 Å². The average molecular weight is 401 g/mol. The Morgan fingerprint density at radius 3 is 2.76 bits per heavy atom. The summed E-state index contributed by atoms with van der Waals surface area (Å²) in [5.74, 6) is -3.09. The molecule has 1 spiro atoms. The molecule has 5 atom stereocenters. The van der Waals surface area contributed by atoms with Crippen molar-refractivity contribution in [3.05, 3.63) is 29.6 Å². The average Bonchev–Trinajstić information content (AvgIpc) is 3.41. The molecule has 0 unspecified atom stereocenters. The number of amides is 3. The van der Waals surface area contributed by atoms with Crippen molar-refractivity contribution in [1.82, 2.24) is 10.2 Å². The summed E-state index contributed by atoms with van der Waals surface area (Å²) >= 11 is 0. The van der Waals surface area contributed by atoms with Gasteiger partial charge in [0.15, 0.2) is 0 Å². The van der Waals surface area contributed by atoms with E-state index in [2.05, 4.69) is 10.6 Å². The third kappa shape index (κ3) is 2.45. The van der Waals surface area contributed by atoms with Crippen molar-refractivity contribution in [3.8, 4) is 0 Å². The Balaban J connectivity index is 1.61. The maximum atomic E-state index is 14.1. The number of nitrogens with one attached hydrogen (secondary N) is 2. The second-order valence-corrected chi connectivity index (χ2v) is 8.79. The normalized spacial score (nSPS) is 35.7. The first-order valence-electron chi connectivity index (χ1n) is 10.2. The molecule has 7 nitrogen and oxygen atoms in total. The van der Waals surface area contributed by atoms with Gasteiger partial charge in [0.25, 0.3) is 0 Å². The number of nitrogens with zero attached hydrogens (tertiary/aromatic N) is 1. The summed E-state index contributed by atoms with van der Waals surface area (Å²) in [6.45, 7) is 4.74. The molecular weight excluding hydrogens is 377 g/mol. The van der Waals surface area contributed by atoms with E-state index in [0.717, 1.165) is 12.8 Å². The summed E-state index contributed by atoms with van der Waals surface area (Å²) < 4.78 is 19.7. The van der Waals surface area contributed by atoms with Gasteiger partial charge in [-0.15, -0.1) is 0 Å². The van der Waals surface area contributed by atoms with Crippen molar-refractivity contribution in [3.63, 3.8) is 0 Å². The lowest BCUT2D eigenvalue weighted by Crippen LogP contribution is -2.54. The number of ether oxygens (including phenoxy) is 1. The van der Waals surface area contributed by atoms with Crippen LogP contribution in [0.1, 0.15) is 32.3 Å². The van der Waals surface area contributed by atoms with Crippen LogP contribution in [0.2, 0.25) is 0 Å². The van der Waals surface area contributed by atoms with Crippen LogP contribution in [-0.2, 0) is 24.7 Å². The molecule has 0 aromatic heterocycles. The van der Waals surface area contributed by atoms with Crippen molar-refractivity contribution in [2.75, 3.05) is 18.5 Å². The lowest BCUT2D eigenvalue weighted by molar-refractivity contribution is -0.144. The number of anilines is 1. The smallest absolute Gasteiger partial charge is 0.250 e. The lowest BCUT2D eigenvalue weighted by Gasteiger charge is -2.30. The molecular formula is C21H24FN3O4. The van der Waals surface area contributed by atoms with E-state index in [1.165, 1.54) is 23.1 Å². The van der Waals surface area contributed by atoms with E-state index in [-0.39, 0.29) is 36.4 Å². The molecule has 2 N–H and O–H groups in total. The number of hydrogen-bond acceptors (Lipinski definition) is 5. The quantitative estimate of drug-likeness (QED) is 0.748. The number of carbonyl (C=O) groups is 3. The fourth-order valence-electron chi connectivity index (χ4n) is 5.51. The highest BCUT2D eigenvalue weighted by Crippen LogP contribution is 2.54. The van der Waals surface area contributed by atoms with Crippen molar-refractivity contribution >= 4 is 23.4 Å². The van der Waals surface area contributed by atoms with E-state index < -0.39 is 29.1 Å². The highest BCUT2D eigenvalue weighted by Gasteiger charge is 2.70. The minimum atomic E-state index is -1.44. The van der Waals surface area contributed by atoms with E-state index in [1.54, 1.807) is 0 Å². The number of carbonyl (C=O) groups excluding carboxylic acids is 3. The molecule has 0 radical (unpaired) electrons. The number of hydrogen-bond donors (Lipinski definition) is 2. The van der Waals surface area contributed by atoms with Gasteiger partial charge in [-0.25, -0.2) is 4.39 Å². The van der Waals surface area contributed by atoms with Crippen LogP contribution in [-0.4, -0.2) is 47.9 Å². The van der Waals surface area contributed by atoms with Crippen LogP contribution >= 0.6 is 0 Å². The molecule has 1 aromatic rings. The Labute approximate surface area is 168 Å². The molecule has 3 amide bonds. The molecule has 0 bridgehead atoms. The Morgan fingerprint density at radius 1 is 1.28 bits per heavy atom. The van der Waals surface area contributed by atoms with Crippen LogP contribution in [0.25, 0.3) is 0 Å². The predicted molar refractivity (Wildman–Crippen MR) is 101 cm³/mol. The lowest BCUT2D eigenvalue weighted by atomic mass is 9.76. The first-order chi connectivity index (χ1) is 13.8. The Morgan fingerprint density at radius 2 is 2.07 bits per heavy atom. The summed E-state index contributed by atoms with van der Waals surface area (Å²) in [7, 11) is 0. The zero-order valence-electron chi connectivity index (χ0n) is 16.4. The van der Waals surface area contributed by atoms with Crippen LogP contribution < -0.4 is 10.6 Å². The van der Waals surface area contributed by atoms with Crippen LogP contribution in [0.4, 0.5) is 10.1 Å². The maximum absolute atomic E-state index is 14.1. The van der Waals surface area contributed by atoms with Gasteiger partial charge in [-0.2, -0.15) is 0 Å². The number of benzene rings is 1. The van der Waals surface area contributed by atoms with E-state index >= 15 is 0 Å². The fraction of sp³-hybridized carbons (Fsp3) is 0.571. The van der Waals surface area contributed by atoms with Gasteiger partial charge in [0.05, 0.1) is 24.5 Å². The second-order valence-electron chi connectivity index (χ2n) is 8.79. The zero-order chi connectivity index (χ0) is 20.5. The summed E-state index contributed by atoms with van der Waals surface area (Å²) in [5.41, 5.74) is -0.555. The van der Waals surface area contributed by atoms with Crippen LogP contribution in [0.5, 0.6) is 0 Å². The molecule has 5 rings (SSSR count). The summed E-state index contributed by atoms with van der Waals surface area (Å²) in [5, 5.41) is 6.08. The van der Waals surface area contributed by atoms with Gasteiger partial charge in [0.2, 0.25) is 17.7 Å². The van der Waals surface area contributed by atoms with Gasteiger partial charge in [0, 0.05) is 23.9 Å². The molecule has 4 heterocycles. The first kappa shape index (κ1) is 18.7. The SMILES string of the molecule is CC(C)[C@@H]1N[C@@]2(C(=O)Nc3ccc(F)cc32)[C@H]2C(=O)N(C[C@@H]3CCCO3)C(=O)[C@@H]12. The van der Waals surface area contributed by atoms with Gasteiger partial charge in [-0.1, -0.05) is 13.8 Å². The minimum Gasteiger partial charge on any atom is -0.376 e. The summed E-state index contributed by atoms with van der Waals surface area (Å²) in [6.07, 6.45) is 1.55. The van der Waals surface area contributed by atoms with E-state index in [0.29, 0.717) is 17.9 Å². The van der Waals surface area contributed by atoms with Crippen molar-refractivity contribution in [1.29, 1.82) is 0 Å².